The van der Waals surface area contributed by atoms with Crippen molar-refractivity contribution in [1.29, 1.82) is 0 Å². The number of aliphatic hydroxyl groups is 1. The van der Waals surface area contributed by atoms with E-state index < -0.39 is 41.3 Å². The fourth-order valence-electron chi connectivity index (χ4n) is 4.32. The number of aliphatic hydroxyl groups excluding tert-OH is 1. The van der Waals surface area contributed by atoms with Crippen molar-refractivity contribution >= 4 is 17.9 Å². The molecule has 4 unspecified atom stereocenters. The monoisotopic (exact) mass is 462 g/mol. The van der Waals surface area contributed by atoms with Gasteiger partial charge in [-0.3, -0.25) is 19.3 Å². The minimum Gasteiger partial charge on any atom is -0.444 e. The number of hydroxylamine groups is 2. The number of primary amides is 1. The molecule has 0 bridgehead atoms. The summed E-state index contributed by atoms with van der Waals surface area (Å²) in [6, 6.07) is 8.11. The number of carbonyl (C=O) groups excluding carboxylic acids is 3. The van der Waals surface area contributed by atoms with E-state index in [9.17, 15) is 19.5 Å². The van der Waals surface area contributed by atoms with Crippen molar-refractivity contribution in [3.05, 3.63) is 35.9 Å². The Morgan fingerprint density at radius 3 is 2.52 bits per heavy atom. The molecule has 10 heteroatoms. The molecule has 4 atom stereocenters. The van der Waals surface area contributed by atoms with Crippen LogP contribution in [0, 0.1) is 0 Å². The van der Waals surface area contributed by atoms with Crippen LogP contribution in [0.1, 0.15) is 46.1 Å². The summed E-state index contributed by atoms with van der Waals surface area (Å²) >= 11 is 0. The zero-order valence-corrected chi connectivity index (χ0v) is 19.6. The van der Waals surface area contributed by atoms with E-state index in [0.717, 1.165) is 5.56 Å². The maximum atomic E-state index is 13.2. The van der Waals surface area contributed by atoms with E-state index in [1.807, 2.05) is 30.3 Å². The zero-order valence-electron chi connectivity index (χ0n) is 19.6. The van der Waals surface area contributed by atoms with Gasteiger partial charge in [-0.1, -0.05) is 30.3 Å². The van der Waals surface area contributed by atoms with Gasteiger partial charge in [0, 0.05) is 12.6 Å². The molecule has 3 rings (SSSR count). The third-order valence-corrected chi connectivity index (χ3v) is 5.93. The smallest absolute Gasteiger partial charge is 0.411 e. The van der Waals surface area contributed by atoms with Crippen LogP contribution in [0.25, 0.3) is 0 Å². The number of amides is 3. The van der Waals surface area contributed by atoms with Crippen LogP contribution in [0.2, 0.25) is 0 Å². The molecular weight excluding hydrogens is 428 g/mol. The molecule has 0 radical (unpaired) electrons. The second-order valence-corrected chi connectivity index (χ2v) is 9.70. The summed E-state index contributed by atoms with van der Waals surface area (Å²) in [6.45, 7) is 7.39. The van der Waals surface area contributed by atoms with Gasteiger partial charge in [-0.05, 0) is 46.1 Å². The summed E-state index contributed by atoms with van der Waals surface area (Å²) in [4.78, 5) is 45.1. The van der Waals surface area contributed by atoms with Gasteiger partial charge in [0.15, 0.2) is 0 Å². The molecule has 33 heavy (non-hydrogen) atoms. The van der Waals surface area contributed by atoms with Gasteiger partial charge in [-0.25, -0.2) is 9.86 Å². The highest BCUT2D eigenvalue weighted by Gasteiger charge is 2.64. The number of benzene rings is 1. The molecule has 182 valence electrons. The molecule has 10 nitrogen and oxygen atoms in total. The number of β-lactam (4-membered cyclic amide) rings is 1. The Hall–Kier alpha value is -2.69. The molecule has 4 N–H and O–H groups in total. The van der Waals surface area contributed by atoms with Crippen LogP contribution in [0.15, 0.2) is 30.3 Å². The summed E-state index contributed by atoms with van der Waals surface area (Å²) in [6.07, 6.45) is -0.635. The van der Waals surface area contributed by atoms with Crippen molar-refractivity contribution in [3.8, 4) is 0 Å². The van der Waals surface area contributed by atoms with Crippen molar-refractivity contribution in [2.24, 2.45) is 5.73 Å². The first-order valence-electron chi connectivity index (χ1n) is 11.2. The second kappa shape index (κ2) is 9.66. The normalized spacial score (nSPS) is 24.5. The van der Waals surface area contributed by atoms with Crippen molar-refractivity contribution in [2.45, 2.75) is 76.5 Å². The minimum absolute atomic E-state index is 0.178. The van der Waals surface area contributed by atoms with E-state index in [4.69, 9.17) is 15.3 Å². The van der Waals surface area contributed by atoms with E-state index in [1.165, 1.54) is 16.9 Å². The molecule has 0 aliphatic carbocycles. The number of hydrogen-bond acceptors (Lipinski definition) is 7. The number of nitrogens with one attached hydrogen (secondary N) is 1. The van der Waals surface area contributed by atoms with Crippen molar-refractivity contribution < 1.29 is 29.1 Å². The van der Waals surface area contributed by atoms with Gasteiger partial charge in [0.25, 0.3) is 5.91 Å². The summed E-state index contributed by atoms with van der Waals surface area (Å²) in [5.41, 5.74) is 4.50. The molecule has 2 aliphatic rings. The molecule has 2 fully saturated rings. The van der Waals surface area contributed by atoms with Crippen molar-refractivity contribution in [2.75, 3.05) is 13.1 Å². The van der Waals surface area contributed by atoms with Gasteiger partial charge in [-0.2, -0.15) is 0 Å². The highest BCUT2D eigenvalue weighted by atomic mass is 16.7. The molecular formula is C23H34N4O6. The highest BCUT2D eigenvalue weighted by molar-refractivity contribution is 5.95. The number of hydrogen-bond donors (Lipinski definition) is 3. The highest BCUT2D eigenvalue weighted by Crippen LogP contribution is 2.43. The maximum absolute atomic E-state index is 13.2. The molecule has 1 aromatic rings. The molecule has 1 spiro atoms. The Bertz CT molecular complexity index is 871. The third kappa shape index (κ3) is 5.45. The van der Waals surface area contributed by atoms with Crippen LogP contribution in [0.5, 0.6) is 0 Å². The lowest BCUT2D eigenvalue weighted by Crippen LogP contribution is -2.74. The third-order valence-electron chi connectivity index (χ3n) is 5.93. The number of rotatable bonds is 8. The van der Waals surface area contributed by atoms with E-state index in [0.29, 0.717) is 12.8 Å². The Kier molecular flexibility index (Phi) is 7.30. The number of carbonyl (C=O) groups is 3. The van der Waals surface area contributed by atoms with Gasteiger partial charge in [0.05, 0.1) is 12.6 Å². The fourth-order valence-corrected chi connectivity index (χ4v) is 4.32. The van der Waals surface area contributed by atoms with Gasteiger partial charge in [0.1, 0.15) is 23.8 Å². The topological polar surface area (TPSA) is 134 Å². The van der Waals surface area contributed by atoms with Crippen molar-refractivity contribution in [1.82, 2.24) is 15.3 Å². The molecule has 3 amide bonds. The number of nitrogens with zero attached hydrogens (tertiary/aromatic N) is 2. The first-order chi connectivity index (χ1) is 15.4. The lowest BCUT2D eigenvalue weighted by atomic mass is 9.88. The SMILES string of the molecule is CC(O)C(NCC1CCC2(CN(OCc3ccccc3)C2=O)N1C(=O)OC(C)(C)C)C(N)=O. The number of nitrogens with two attached hydrogens (primary N) is 1. The van der Waals surface area contributed by atoms with Crippen LogP contribution in [-0.4, -0.2) is 75.4 Å². The van der Waals surface area contributed by atoms with Gasteiger partial charge in [0.2, 0.25) is 5.91 Å². The van der Waals surface area contributed by atoms with Crippen LogP contribution >= 0.6 is 0 Å². The number of likely N-dealkylation sites (tertiary alicyclic amines) is 1. The van der Waals surface area contributed by atoms with Crippen LogP contribution < -0.4 is 11.1 Å². The molecule has 1 aromatic carbocycles. The van der Waals surface area contributed by atoms with E-state index in [2.05, 4.69) is 5.32 Å². The van der Waals surface area contributed by atoms with Crippen LogP contribution in [0.3, 0.4) is 0 Å². The Balaban J connectivity index is 1.73. The molecule has 2 heterocycles. The van der Waals surface area contributed by atoms with E-state index >= 15 is 0 Å². The predicted molar refractivity (Wildman–Crippen MR) is 119 cm³/mol. The van der Waals surface area contributed by atoms with Crippen molar-refractivity contribution in [3.63, 3.8) is 0 Å². The molecule has 0 aromatic heterocycles. The lowest BCUT2D eigenvalue weighted by molar-refractivity contribution is -0.241. The molecule has 0 saturated carbocycles. The minimum atomic E-state index is -1.06. The average molecular weight is 463 g/mol. The largest absolute Gasteiger partial charge is 0.444 e. The first kappa shape index (κ1) is 24.9. The Morgan fingerprint density at radius 2 is 1.97 bits per heavy atom. The lowest BCUT2D eigenvalue weighted by Gasteiger charge is -2.50. The second-order valence-electron chi connectivity index (χ2n) is 9.70. The Morgan fingerprint density at radius 1 is 1.30 bits per heavy atom. The fraction of sp³-hybridized carbons (Fsp3) is 0.609. The quantitative estimate of drug-likeness (QED) is 0.489. The molecule has 2 aliphatic heterocycles. The summed E-state index contributed by atoms with van der Waals surface area (Å²) in [5.74, 6) is -0.990. The zero-order chi connectivity index (χ0) is 24.4. The average Bonchev–Trinajstić information content (AvgIpc) is 3.11. The van der Waals surface area contributed by atoms with Crippen LogP contribution in [0.4, 0.5) is 4.79 Å². The summed E-state index contributed by atoms with van der Waals surface area (Å²) in [5, 5.41) is 14.0. The summed E-state index contributed by atoms with van der Waals surface area (Å²) < 4.78 is 5.60. The Labute approximate surface area is 193 Å². The predicted octanol–water partition coefficient (Wildman–Crippen LogP) is 0.923. The van der Waals surface area contributed by atoms with Gasteiger partial charge in [-0.15, -0.1) is 0 Å². The standard InChI is InChI=1S/C23H34N4O6/c1-15(28)18(19(24)29)25-12-17-10-11-23(27(17)21(31)33-22(2,3)4)14-26(20(23)30)32-13-16-8-6-5-7-9-16/h5-9,15,17-18,25,28H,10-14H2,1-4H3,(H2,24,29). The van der Waals surface area contributed by atoms with Gasteiger partial charge >= 0.3 is 6.09 Å². The number of ether oxygens (including phenoxy) is 1. The van der Waals surface area contributed by atoms with Gasteiger partial charge < -0.3 is 20.9 Å². The summed E-state index contributed by atoms with van der Waals surface area (Å²) in [7, 11) is 0. The molecule has 2 saturated heterocycles. The maximum Gasteiger partial charge on any atom is 0.411 e. The first-order valence-corrected chi connectivity index (χ1v) is 11.2. The van der Waals surface area contributed by atoms with Crippen LogP contribution in [-0.2, 0) is 25.8 Å². The van der Waals surface area contributed by atoms with E-state index in [-0.39, 0.29) is 25.6 Å². The van der Waals surface area contributed by atoms with E-state index in [1.54, 1.807) is 20.8 Å².